The van der Waals surface area contributed by atoms with E-state index in [2.05, 4.69) is 10.1 Å². The lowest BCUT2D eigenvalue weighted by Crippen LogP contribution is -2.38. The van der Waals surface area contributed by atoms with E-state index in [4.69, 9.17) is 14.9 Å². The molecule has 2 aromatic heterocycles. The van der Waals surface area contributed by atoms with Crippen LogP contribution >= 0.6 is 0 Å². The van der Waals surface area contributed by atoms with Crippen LogP contribution in [0.2, 0.25) is 0 Å². The molecule has 1 aliphatic heterocycles. The molecule has 1 saturated heterocycles. The van der Waals surface area contributed by atoms with Crippen LogP contribution in [0.3, 0.4) is 0 Å². The molecule has 1 aliphatic rings. The molecule has 0 radical (unpaired) electrons. The third kappa shape index (κ3) is 3.43. The maximum Gasteiger partial charge on any atom is 0.276 e. The highest BCUT2D eigenvalue weighted by molar-refractivity contribution is 5.92. The zero-order valence-corrected chi connectivity index (χ0v) is 14.0. The van der Waals surface area contributed by atoms with Gasteiger partial charge in [0.25, 0.3) is 5.91 Å². The van der Waals surface area contributed by atoms with Crippen molar-refractivity contribution >= 4 is 11.7 Å². The van der Waals surface area contributed by atoms with Gasteiger partial charge in [0.2, 0.25) is 0 Å². The normalized spacial score (nSPS) is 20.7. The smallest absolute Gasteiger partial charge is 0.276 e. The standard InChI is InChI=1S/C16H23N5O3/c1-3-4-15-18-13(10-24-15)16(22)21-9-12(23-2)7-11(21)8-20-6-5-14(17)19-20/h5-6,10-12H,3-4,7-9H2,1-2H3,(H2,17,19)/t11-,12-/m0/s1. The predicted octanol–water partition coefficient (Wildman–Crippen LogP) is 1.34. The van der Waals surface area contributed by atoms with Gasteiger partial charge in [-0.2, -0.15) is 5.10 Å². The minimum Gasteiger partial charge on any atom is -0.448 e. The average Bonchev–Trinajstić information content (AvgIpc) is 3.28. The summed E-state index contributed by atoms with van der Waals surface area (Å²) in [7, 11) is 1.66. The Kier molecular flexibility index (Phi) is 4.84. The van der Waals surface area contributed by atoms with Gasteiger partial charge in [-0.1, -0.05) is 6.92 Å². The number of anilines is 1. The number of aromatic nitrogens is 3. The lowest BCUT2D eigenvalue weighted by molar-refractivity contribution is 0.0673. The number of hydrogen-bond donors (Lipinski definition) is 1. The van der Waals surface area contributed by atoms with E-state index in [1.807, 2.05) is 13.1 Å². The fourth-order valence-corrected chi connectivity index (χ4v) is 3.05. The van der Waals surface area contributed by atoms with E-state index >= 15 is 0 Å². The Morgan fingerprint density at radius 1 is 1.54 bits per heavy atom. The minimum atomic E-state index is -0.134. The molecule has 0 aliphatic carbocycles. The van der Waals surface area contributed by atoms with Crippen LogP contribution in [-0.4, -0.2) is 51.4 Å². The van der Waals surface area contributed by atoms with Gasteiger partial charge < -0.3 is 19.8 Å². The number of carbonyl (C=O) groups is 1. The fourth-order valence-electron chi connectivity index (χ4n) is 3.05. The first-order valence-electron chi connectivity index (χ1n) is 8.17. The Balaban J connectivity index is 1.75. The van der Waals surface area contributed by atoms with Crippen molar-refractivity contribution in [2.75, 3.05) is 19.4 Å². The molecule has 2 N–H and O–H groups in total. The molecule has 24 heavy (non-hydrogen) atoms. The summed E-state index contributed by atoms with van der Waals surface area (Å²) < 4.78 is 12.6. The molecule has 0 unspecified atom stereocenters. The van der Waals surface area contributed by atoms with E-state index in [-0.39, 0.29) is 18.1 Å². The summed E-state index contributed by atoms with van der Waals surface area (Å²) in [5.41, 5.74) is 6.01. The van der Waals surface area contributed by atoms with Gasteiger partial charge in [-0.3, -0.25) is 9.48 Å². The lowest BCUT2D eigenvalue weighted by atomic mass is 10.2. The maximum atomic E-state index is 12.8. The van der Waals surface area contributed by atoms with E-state index in [1.54, 1.807) is 22.8 Å². The molecular formula is C16H23N5O3. The Morgan fingerprint density at radius 2 is 2.38 bits per heavy atom. The number of aryl methyl sites for hydroxylation is 1. The number of nitrogens with two attached hydrogens (primary N) is 1. The van der Waals surface area contributed by atoms with Crippen LogP contribution in [0.1, 0.15) is 36.1 Å². The molecule has 3 rings (SSSR count). The van der Waals surface area contributed by atoms with Gasteiger partial charge >= 0.3 is 0 Å². The van der Waals surface area contributed by atoms with Gasteiger partial charge in [0.1, 0.15) is 12.1 Å². The van der Waals surface area contributed by atoms with Crippen LogP contribution in [0.25, 0.3) is 0 Å². The molecule has 0 spiro atoms. The van der Waals surface area contributed by atoms with E-state index in [9.17, 15) is 4.79 Å². The van der Waals surface area contributed by atoms with Crippen molar-refractivity contribution < 1.29 is 13.9 Å². The second-order valence-corrected chi connectivity index (χ2v) is 6.04. The first kappa shape index (κ1) is 16.5. The Hall–Kier alpha value is -2.35. The number of carbonyl (C=O) groups excluding carboxylic acids is 1. The van der Waals surface area contributed by atoms with Gasteiger partial charge in [-0.15, -0.1) is 0 Å². The first-order chi connectivity index (χ1) is 11.6. The number of oxazole rings is 1. The van der Waals surface area contributed by atoms with E-state index in [0.717, 1.165) is 19.3 Å². The van der Waals surface area contributed by atoms with Gasteiger partial charge in [-0.25, -0.2) is 4.98 Å². The Labute approximate surface area is 140 Å². The van der Waals surface area contributed by atoms with Crippen LogP contribution in [0.15, 0.2) is 22.9 Å². The van der Waals surface area contributed by atoms with Gasteiger partial charge in [0.05, 0.1) is 18.7 Å². The molecule has 1 amide bonds. The third-order valence-electron chi connectivity index (χ3n) is 4.26. The Morgan fingerprint density at radius 3 is 3.04 bits per heavy atom. The molecule has 0 bridgehead atoms. The van der Waals surface area contributed by atoms with Gasteiger partial charge in [-0.05, 0) is 18.9 Å². The predicted molar refractivity (Wildman–Crippen MR) is 87.4 cm³/mol. The monoisotopic (exact) mass is 333 g/mol. The van der Waals surface area contributed by atoms with Crippen LogP contribution in [-0.2, 0) is 17.7 Å². The van der Waals surface area contributed by atoms with Crippen molar-refractivity contribution in [2.24, 2.45) is 0 Å². The average molecular weight is 333 g/mol. The number of nitrogen functional groups attached to an aromatic ring is 1. The van der Waals surface area contributed by atoms with E-state index < -0.39 is 0 Å². The SMILES string of the molecule is CCCc1nc(C(=O)N2C[C@@H](OC)C[C@H]2Cn2ccc(N)n2)co1. The van der Waals surface area contributed by atoms with Crippen molar-refractivity contribution in [1.82, 2.24) is 19.7 Å². The summed E-state index contributed by atoms with van der Waals surface area (Å²) in [6.45, 7) is 3.15. The number of ether oxygens (including phenoxy) is 1. The zero-order chi connectivity index (χ0) is 17.1. The number of amides is 1. The summed E-state index contributed by atoms with van der Waals surface area (Å²) in [4.78, 5) is 18.9. The highest BCUT2D eigenvalue weighted by Gasteiger charge is 2.37. The fraction of sp³-hybridized carbons (Fsp3) is 0.562. The van der Waals surface area contributed by atoms with E-state index in [0.29, 0.717) is 30.5 Å². The molecule has 0 aromatic carbocycles. The number of rotatable bonds is 6. The highest BCUT2D eigenvalue weighted by Crippen LogP contribution is 2.24. The number of methoxy groups -OCH3 is 1. The van der Waals surface area contributed by atoms with Crippen molar-refractivity contribution in [3.05, 3.63) is 30.1 Å². The molecule has 2 aromatic rings. The van der Waals surface area contributed by atoms with Crippen LogP contribution in [0, 0.1) is 0 Å². The van der Waals surface area contributed by atoms with Crippen LogP contribution in [0.4, 0.5) is 5.82 Å². The van der Waals surface area contributed by atoms with Crippen molar-refractivity contribution in [3.8, 4) is 0 Å². The molecule has 0 saturated carbocycles. The molecule has 8 nitrogen and oxygen atoms in total. The van der Waals surface area contributed by atoms with Crippen LogP contribution in [0.5, 0.6) is 0 Å². The van der Waals surface area contributed by atoms with Crippen molar-refractivity contribution in [1.29, 1.82) is 0 Å². The topological polar surface area (TPSA) is 99.4 Å². The van der Waals surface area contributed by atoms with Crippen molar-refractivity contribution in [2.45, 2.75) is 44.9 Å². The van der Waals surface area contributed by atoms with Gasteiger partial charge in [0.15, 0.2) is 11.6 Å². The quantitative estimate of drug-likeness (QED) is 0.856. The number of hydrogen-bond acceptors (Lipinski definition) is 6. The molecule has 1 fully saturated rings. The molecule has 3 heterocycles. The minimum absolute atomic E-state index is 0.00822. The number of nitrogens with zero attached hydrogens (tertiary/aromatic N) is 4. The largest absolute Gasteiger partial charge is 0.448 e. The summed E-state index contributed by atoms with van der Waals surface area (Å²) >= 11 is 0. The molecule has 2 atom stereocenters. The summed E-state index contributed by atoms with van der Waals surface area (Å²) in [6, 6.07) is 1.72. The lowest BCUT2D eigenvalue weighted by Gasteiger charge is -2.23. The summed E-state index contributed by atoms with van der Waals surface area (Å²) in [5, 5.41) is 4.20. The summed E-state index contributed by atoms with van der Waals surface area (Å²) in [5.74, 6) is 0.931. The third-order valence-corrected chi connectivity index (χ3v) is 4.26. The molecular weight excluding hydrogens is 310 g/mol. The van der Waals surface area contributed by atoms with Crippen LogP contribution < -0.4 is 5.73 Å². The Bertz CT molecular complexity index is 695. The van der Waals surface area contributed by atoms with Crippen molar-refractivity contribution in [3.63, 3.8) is 0 Å². The molecule has 130 valence electrons. The number of likely N-dealkylation sites (tertiary alicyclic amines) is 1. The van der Waals surface area contributed by atoms with E-state index in [1.165, 1.54) is 6.26 Å². The first-order valence-corrected chi connectivity index (χ1v) is 8.17. The highest BCUT2D eigenvalue weighted by atomic mass is 16.5. The second-order valence-electron chi connectivity index (χ2n) is 6.04. The second kappa shape index (κ2) is 7.04. The molecule has 8 heteroatoms. The van der Waals surface area contributed by atoms with Gasteiger partial charge in [0, 0.05) is 26.3 Å². The summed E-state index contributed by atoms with van der Waals surface area (Å²) in [6.07, 6.45) is 5.66. The zero-order valence-electron chi connectivity index (χ0n) is 14.0. The maximum absolute atomic E-state index is 12.8.